The fourth-order valence-electron chi connectivity index (χ4n) is 6.01. The van der Waals surface area contributed by atoms with Gasteiger partial charge in [0.15, 0.2) is 0 Å². The number of rotatable bonds is 7. The summed E-state index contributed by atoms with van der Waals surface area (Å²) in [6, 6.07) is 8.63. The summed E-state index contributed by atoms with van der Waals surface area (Å²) in [6.07, 6.45) is 0.187. The van der Waals surface area contributed by atoms with Gasteiger partial charge in [-0.3, -0.25) is 4.79 Å². The average Bonchev–Trinajstić information content (AvgIpc) is 3.40. The molecule has 1 saturated heterocycles. The van der Waals surface area contributed by atoms with Crippen LogP contribution >= 0.6 is 0 Å². The van der Waals surface area contributed by atoms with Gasteiger partial charge in [0.2, 0.25) is 0 Å². The second-order valence-corrected chi connectivity index (χ2v) is 11.5. The van der Waals surface area contributed by atoms with Crippen LogP contribution in [0.1, 0.15) is 76.1 Å². The molecule has 2 aliphatic heterocycles. The molecule has 0 radical (unpaired) electrons. The number of halogens is 3. The van der Waals surface area contributed by atoms with Crippen LogP contribution in [0.5, 0.6) is 0 Å². The molecule has 1 saturated carbocycles. The second-order valence-electron chi connectivity index (χ2n) is 11.5. The maximum absolute atomic E-state index is 14.2. The van der Waals surface area contributed by atoms with Gasteiger partial charge in [-0.15, -0.1) is 10.2 Å². The zero-order valence-electron chi connectivity index (χ0n) is 22.3. The number of carbonyl (C=O) groups excluding carboxylic acids is 1. The molecule has 6 rings (SSSR count). The van der Waals surface area contributed by atoms with Crippen LogP contribution in [0.2, 0.25) is 0 Å². The van der Waals surface area contributed by atoms with Gasteiger partial charge in [-0.2, -0.15) is 13.2 Å². The van der Waals surface area contributed by atoms with Gasteiger partial charge in [-0.1, -0.05) is 6.07 Å². The lowest BCUT2D eigenvalue weighted by Crippen LogP contribution is -2.47. The van der Waals surface area contributed by atoms with E-state index in [0.717, 1.165) is 36.2 Å². The Balaban J connectivity index is 1.36. The van der Waals surface area contributed by atoms with E-state index < -0.39 is 17.6 Å². The average molecular weight is 540 g/mol. The van der Waals surface area contributed by atoms with Crippen molar-refractivity contribution in [3.63, 3.8) is 0 Å². The first kappa shape index (κ1) is 26.0. The van der Waals surface area contributed by atoms with E-state index in [9.17, 15) is 18.0 Å². The molecular formula is C29H32F3N5O2. The van der Waals surface area contributed by atoms with Crippen molar-refractivity contribution in [2.24, 2.45) is 13.0 Å². The fraction of sp³-hybridized carbons (Fsp3) is 0.483. The molecule has 39 heavy (non-hydrogen) atoms. The number of benzene rings is 2. The highest BCUT2D eigenvalue weighted by Gasteiger charge is 2.41. The molecular weight excluding hydrogens is 507 g/mol. The maximum Gasteiger partial charge on any atom is 0.416 e. The number of anilines is 1. The fourth-order valence-corrected chi connectivity index (χ4v) is 6.01. The van der Waals surface area contributed by atoms with Crippen LogP contribution in [0.15, 0.2) is 36.7 Å². The molecule has 3 heterocycles. The number of nitrogens with one attached hydrogen (secondary N) is 1. The van der Waals surface area contributed by atoms with Crippen LogP contribution in [-0.4, -0.2) is 39.4 Å². The molecule has 0 spiro atoms. The molecule has 2 aromatic carbocycles. The number of nitrogens with zero attached hydrogens (tertiary/aromatic N) is 4. The number of carbonyl (C=O) groups is 1. The summed E-state index contributed by atoms with van der Waals surface area (Å²) in [5.74, 6) is 0.457. The summed E-state index contributed by atoms with van der Waals surface area (Å²) in [5.41, 5.74) is 2.27. The number of ether oxygens (including phenoxy) is 1. The highest BCUT2D eigenvalue weighted by molar-refractivity contribution is 6.10. The van der Waals surface area contributed by atoms with Gasteiger partial charge in [0.1, 0.15) is 12.2 Å². The predicted molar refractivity (Wildman–Crippen MR) is 139 cm³/mol. The molecule has 7 nitrogen and oxygen atoms in total. The minimum atomic E-state index is -4.56. The Morgan fingerprint density at radius 2 is 1.95 bits per heavy atom. The Kier molecular flexibility index (Phi) is 6.30. The quantitative estimate of drug-likeness (QED) is 0.452. The van der Waals surface area contributed by atoms with Crippen LogP contribution in [0, 0.1) is 12.8 Å². The Morgan fingerprint density at radius 1 is 1.18 bits per heavy atom. The number of hydrogen-bond acceptors (Lipinski definition) is 5. The standard InChI is InChI=1S/C29H32F3N5O2/c1-17-7-19(25(20-14-39-15-20)26-35-34-16-36(26)3)11-21(8-17)37-13-23-22(27(37)38)9-18(10-24(23)29(30,31)32)12-33-28(2)5-4-6-28/h7-11,16,20,25,33H,4-6,12-15H2,1-3H3. The van der Waals surface area contributed by atoms with Crippen molar-refractivity contribution in [1.29, 1.82) is 0 Å². The van der Waals surface area contributed by atoms with Crippen molar-refractivity contribution in [1.82, 2.24) is 20.1 Å². The van der Waals surface area contributed by atoms with Crippen molar-refractivity contribution >= 4 is 11.6 Å². The normalized spacial score (nSPS) is 19.5. The van der Waals surface area contributed by atoms with Crippen LogP contribution in [0.4, 0.5) is 18.9 Å². The highest BCUT2D eigenvalue weighted by Crippen LogP contribution is 2.42. The summed E-state index contributed by atoms with van der Waals surface area (Å²) in [6.45, 7) is 5.34. The van der Waals surface area contributed by atoms with E-state index in [2.05, 4.69) is 22.4 Å². The smallest absolute Gasteiger partial charge is 0.381 e. The predicted octanol–water partition coefficient (Wildman–Crippen LogP) is 5.11. The molecule has 3 aromatic rings. The first-order valence-electron chi connectivity index (χ1n) is 13.4. The van der Waals surface area contributed by atoms with Gasteiger partial charge in [0, 0.05) is 36.3 Å². The second kappa shape index (κ2) is 9.45. The molecule has 2 fully saturated rings. The van der Waals surface area contributed by atoms with Crippen molar-refractivity contribution in [2.75, 3.05) is 18.1 Å². The van der Waals surface area contributed by atoms with Crippen LogP contribution < -0.4 is 10.2 Å². The molecule has 206 valence electrons. The molecule has 1 aliphatic carbocycles. The first-order valence-corrected chi connectivity index (χ1v) is 13.4. The number of hydrogen-bond donors (Lipinski definition) is 1. The number of aromatic nitrogens is 3. The summed E-state index contributed by atoms with van der Waals surface area (Å²) >= 11 is 0. The summed E-state index contributed by atoms with van der Waals surface area (Å²) in [7, 11) is 1.88. The third-order valence-corrected chi connectivity index (χ3v) is 8.50. The van der Waals surface area contributed by atoms with Gasteiger partial charge in [0.05, 0.1) is 31.2 Å². The van der Waals surface area contributed by atoms with Gasteiger partial charge in [0.25, 0.3) is 5.91 Å². The van der Waals surface area contributed by atoms with E-state index in [-0.39, 0.29) is 41.6 Å². The van der Waals surface area contributed by atoms with Gasteiger partial charge < -0.3 is 19.5 Å². The number of fused-ring (bicyclic) bond motifs is 1. The molecule has 1 N–H and O–H groups in total. The summed E-state index contributed by atoms with van der Waals surface area (Å²) in [5, 5.41) is 11.8. The topological polar surface area (TPSA) is 72.3 Å². The third-order valence-electron chi connectivity index (χ3n) is 8.50. The molecule has 10 heteroatoms. The summed E-state index contributed by atoms with van der Waals surface area (Å²) < 4.78 is 50.0. The highest BCUT2D eigenvalue weighted by atomic mass is 19.4. The van der Waals surface area contributed by atoms with Crippen molar-refractivity contribution in [3.05, 3.63) is 75.9 Å². The zero-order valence-corrected chi connectivity index (χ0v) is 22.3. The van der Waals surface area contributed by atoms with Crippen LogP contribution in [0.25, 0.3) is 0 Å². The third kappa shape index (κ3) is 4.74. The van der Waals surface area contributed by atoms with Crippen LogP contribution in [0.3, 0.4) is 0 Å². The van der Waals surface area contributed by atoms with E-state index in [1.807, 2.05) is 36.7 Å². The monoisotopic (exact) mass is 539 g/mol. The molecule has 3 aliphatic rings. The van der Waals surface area contributed by atoms with Crippen molar-refractivity contribution in [3.8, 4) is 0 Å². The molecule has 1 unspecified atom stereocenters. The minimum absolute atomic E-state index is 0.0337. The summed E-state index contributed by atoms with van der Waals surface area (Å²) in [4.78, 5) is 15.1. The number of amides is 1. The Hall–Kier alpha value is -3.24. The number of alkyl halides is 3. The van der Waals surface area contributed by atoms with Gasteiger partial charge >= 0.3 is 6.18 Å². The molecule has 1 atom stereocenters. The largest absolute Gasteiger partial charge is 0.416 e. The lowest BCUT2D eigenvalue weighted by molar-refractivity contribution is -0.138. The van der Waals surface area contributed by atoms with E-state index in [1.165, 1.54) is 11.0 Å². The van der Waals surface area contributed by atoms with E-state index >= 15 is 0 Å². The Bertz CT molecular complexity index is 1420. The van der Waals surface area contributed by atoms with Crippen molar-refractivity contribution < 1.29 is 22.7 Å². The molecule has 1 amide bonds. The maximum atomic E-state index is 14.2. The lowest BCUT2D eigenvalue weighted by atomic mass is 9.78. The Labute approximate surface area is 225 Å². The first-order chi connectivity index (χ1) is 18.5. The van der Waals surface area contributed by atoms with Gasteiger partial charge in [-0.25, -0.2) is 0 Å². The van der Waals surface area contributed by atoms with Gasteiger partial charge in [-0.05, 0) is 79.6 Å². The van der Waals surface area contributed by atoms with E-state index in [4.69, 9.17) is 4.74 Å². The zero-order chi connectivity index (χ0) is 27.5. The van der Waals surface area contributed by atoms with E-state index in [0.29, 0.717) is 24.5 Å². The lowest BCUT2D eigenvalue weighted by Gasteiger charge is -2.39. The van der Waals surface area contributed by atoms with Crippen molar-refractivity contribution in [2.45, 2.75) is 63.8 Å². The minimum Gasteiger partial charge on any atom is -0.381 e. The Morgan fingerprint density at radius 3 is 2.54 bits per heavy atom. The number of aryl methyl sites for hydroxylation is 2. The van der Waals surface area contributed by atoms with E-state index in [1.54, 1.807) is 12.4 Å². The molecule has 1 aromatic heterocycles. The molecule has 0 bridgehead atoms. The van der Waals surface area contributed by atoms with Crippen LogP contribution in [-0.2, 0) is 31.1 Å². The SMILES string of the molecule is Cc1cc(C(c2nncn2C)C2COC2)cc(N2Cc3c(cc(CNC4(C)CCC4)cc3C(F)(F)F)C2=O)c1.